The third-order valence-electron chi connectivity index (χ3n) is 3.83. The highest BCUT2D eigenvalue weighted by molar-refractivity contribution is 7.91. The number of carboxylic acids is 1. The molecule has 1 heterocycles. The van der Waals surface area contributed by atoms with Gasteiger partial charge in [-0.25, -0.2) is 13.1 Å². The molecule has 0 radical (unpaired) electrons. The van der Waals surface area contributed by atoms with Crippen molar-refractivity contribution < 1.29 is 18.3 Å². The molecule has 0 saturated heterocycles. The van der Waals surface area contributed by atoms with E-state index in [2.05, 4.69) is 4.72 Å². The number of carboxylic acid groups (broad SMARTS) is 1. The number of carbonyl (C=O) groups is 1. The zero-order valence-corrected chi connectivity index (χ0v) is 13.0. The topological polar surface area (TPSA) is 83.5 Å². The molecule has 1 aliphatic carbocycles. The molecule has 7 heteroatoms. The minimum absolute atomic E-state index is 0.0279. The van der Waals surface area contributed by atoms with Gasteiger partial charge in [-0.05, 0) is 36.8 Å². The highest BCUT2D eigenvalue weighted by Gasteiger charge is 2.39. The molecule has 2 N–H and O–H groups in total. The van der Waals surface area contributed by atoms with Crippen LogP contribution in [-0.2, 0) is 21.2 Å². The fourth-order valence-electron chi connectivity index (χ4n) is 2.43. The van der Waals surface area contributed by atoms with Crippen molar-refractivity contribution in [2.24, 2.45) is 5.41 Å². The van der Waals surface area contributed by atoms with Crippen LogP contribution in [0.1, 0.15) is 37.5 Å². The summed E-state index contributed by atoms with van der Waals surface area (Å²) < 4.78 is 27.3. The summed E-state index contributed by atoms with van der Waals surface area (Å²) in [4.78, 5) is 11.9. The maximum atomic E-state index is 12.2. The molecule has 0 aromatic carbocycles. The fraction of sp³-hybridized carbons (Fsp3) is 0.615. The summed E-state index contributed by atoms with van der Waals surface area (Å²) in [5.74, 6) is -0.867. The van der Waals surface area contributed by atoms with Crippen molar-refractivity contribution in [3.05, 3.63) is 17.0 Å². The van der Waals surface area contributed by atoms with E-state index in [9.17, 15) is 13.2 Å². The highest BCUT2D eigenvalue weighted by Crippen LogP contribution is 2.43. The number of thiophene rings is 1. The first-order valence-corrected chi connectivity index (χ1v) is 8.97. The summed E-state index contributed by atoms with van der Waals surface area (Å²) in [6.07, 6.45) is 3.34. The Bertz CT molecular complexity index is 587. The Kier molecular flexibility index (Phi) is 4.51. The lowest BCUT2D eigenvalue weighted by Gasteiger charge is -2.40. The van der Waals surface area contributed by atoms with E-state index >= 15 is 0 Å². The van der Waals surface area contributed by atoms with Crippen LogP contribution in [0, 0.1) is 5.41 Å². The molecule has 0 atom stereocenters. The maximum Gasteiger partial charge on any atom is 0.303 e. The van der Waals surface area contributed by atoms with Gasteiger partial charge in [0, 0.05) is 11.4 Å². The molecule has 1 aromatic rings. The molecule has 0 aliphatic heterocycles. The van der Waals surface area contributed by atoms with Gasteiger partial charge in [-0.1, -0.05) is 13.3 Å². The van der Waals surface area contributed by atoms with E-state index in [1.54, 1.807) is 6.07 Å². The van der Waals surface area contributed by atoms with Crippen LogP contribution in [0.2, 0.25) is 0 Å². The predicted molar refractivity (Wildman–Crippen MR) is 77.4 cm³/mol. The van der Waals surface area contributed by atoms with Crippen LogP contribution in [0.5, 0.6) is 0 Å². The number of nitrogens with one attached hydrogen (secondary N) is 1. The standard InChI is InChI=1S/C13H19NO4S2/c1-2-10-4-5-12(19-10)20(17,18)14-9-13(6-3-7-13)8-11(15)16/h4-5,14H,2-3,6-9H2,1H3,(H,15,16). The highest BCUT2D eigenvalue weighted by atomic mass is 32.2. The molecule has 1 aromatic heterocycles. The SMILES string of the molecule is CCc1ccc(S(=O)(=O)NCC2(CC(=O)O)CCC2)s1. The van der Waals surface area contributed by atoms with E-state index in [1.165, 1.54) is 11.3 Å². The minimum atomic E-state index is -3.52. The molecule has 2 rings (SSSR count). The van der Waals surface area contributed by atoms with Crippen molar-refractivity contribution in [1.82, 2.24) is 4.72 Å². The summed E-state index contributed by atoms with van der Waals surface area (Å²) in [5, 5.41) is 8.92. The molecule has 1 saturated carbocycles. The van der Waals surface area contributed by atoms with Crippen molar-refractivity contribution in [3.63, 3.8) is 0 Å². The molecule has 5 nitrogen and oxygen atoms in total. The summed E-state index contributed by atoms with van der Waals surface area (Å²) in [5.41, 5.74) is -0.399. The van der Waals surface area contributed by atoms with E-state index in [0.717, 1.165) is 30.6 Å². The summed E-state index contributed by atoms with van der Waals surface area (Å²) >= 11 is 1.26. The quantitative estimate of drug-likeness (QED) is 0.808. The van der Waals surface area contributed by atoms with Crippen LogP contribution >= 0.6 is 11.3 Å². The first-order valence-electron chi connectivity index (χ1n) is 6.67. The Morgan fingerprint density at radius 2 is 2.15 bits per heavy atom. The number of hydrogen-bond acceptors (Lipinski definition) is 4. The number of sulfonamides is 1. The fourth-order valence-corrected chi connectivity index (χ4v) is 4.92. The van der Waals surface area contributed by atoms with Crippen LogP contribution in [0.15, 0.2) is 16.3 Å². The molecule has 112 valence electrons. The molecule has 1 aliphatic rings. The van der Waals surface area contributed by atoms with Crippen LogP contribution in [-0.4, -0.2) is 26.0 Å². The average Bonchev–Trinajstić information content (AvgIpc) is 2.81. The molecule has 20 heavy (non-hydrogen) atoms. The lowest BCUT2D eigenvalue weighted by molar-refractivity contribution is -0.141. The second kappa shape index (κ2) is 5.83. The van der Waals surface area contributed by atoms with Gasteiger partial charge in [0.25, 0.3) is 0 Å². The number of hydrogen-bond donors (Lipinski definition) is 2. The summed E-state index contributed by atoms with van der Waals surface area (Å²) in [7, 11) is -3.52. The molecule has 0 unspecified atom stereocenters. The Balaban J connectivity index is 2.03. The maximum absolute atomic E-state index is 12.2. The summed E-state index contributed by atoms with van der Waals surface area (Å²) in [6.45, 7) is 2.19. The van der Waals surface area contributed by atoms with Gasteiger partial charge in [-0.15, -0.1) is 11.3 Å². The second-order valence-corrected chi connectivity index (χ2v) is 8.49. The van der Waals surface area contributed by atoms with Crippen molar-refractivity contribution in [1.29, 1.82) is 0 Å². The van der Waals surface area contributed by atoms with Crippen molar-refractivity contribution in [2.45, 2.75) is 43.2 Å². The zero-order valence-electron chi connectivity index (χ0n) is 11.4. The smallest absolute Gasteiger partial charge is 0.303 e. The van der Waals surface area contributed by atoms with Gasteiger partial charge in [0.05, 0.1) is 6.42 Å². The monoisotopic (exact) mass is 317 g/mol. The lowest BCUT2D eigenvalue weighted by Crippen LogP contribution is -2.43. The van der Waals surface area contributed by atoms with Crippen molar-refractivity contribution in [2.75, 3.05) is 6.54 Å². The van der Waals surface area contributed by atoms with E-state index < -0.39 is 21.4 Å². The van der Waals surface area contributed by atoms with Gasteiger partial charge in [-0.3, -0.25) is 4.79 Å². The van der Waals surface area contributed by atoms with Crippen molar-refractivity contribution in [3.8, 4) is 0 Å². The van der Waals surface area contributed by atoms with Crippen molar-refractivity contribution >= 4 is 27.3 Å². The number of rotatable bonds is 7. The summed E-state index contributed by atoms with van der Waals surface area (Å²) in [6, 6.07) is 3.42. The van der Waals surface area contributed by atoms with E-state index in [-0.39, 0.29) is 13.0 Å². The zero-order chi connectivity index (χ0) is 14.8. The number of aliphatic carboxylic acids is 1. The first kappa shape index (κ1) is 15.5. The largest absolute Gasteiger partial charge is 0.481 e. The third kappa shape index (κ3) is 3.39. The van der Waals surface area contributed by atoms with Crippen LogP contribution in [0.4, 0.5) is 0 Å². The number of aryl methyl sites for hydroxylation is 1. The third-order valence-corrected chi connectivity index (χ3v) is 6.95. The first-order chi connectivity index (χ1) is 9.37. The van der Waals surface area contributed by atoms with Gasteiger partial charge in [-0.2, -0.15) is 0 Å². The van der Waals surface area contributed by atoms with Gasteiger partial charge in [0.1, 0.15) is 4.21 Å². The Hall–Kier alpha value is -0.920. The minimum Gasteiger partial charge on any atom is -0.481 e. The predicted octanol–water partition coefficient (Wildman–Crippen LogP) is 2.23. The van der Waals surface area contributed by atoms with E-state index in [0.29, 0.717) is 4.21 Å². The Morgan fingerprint density at radius 1 is 1.45 bits per heavy atom. The second-order valence-electron chi connectivity index (χ2n) is 5.32. The van der Waals surface area contributed by atoms with E-state index in [1.807, 2.05) is 13.0 Å². The van der Waals surface area contributed by atoms with Gasteiger partial charge in [0.2, 0.25) is 10.0 Å². The van der Waals surface area contributed by atoms with Gasteiger partial charge >= 0.3 is 5.97 Å². The van der Waals surface area contributed by atoms with Crippen LogP contribution in [0.25, 0.3) is 0 Å². The Morgan fingerprint density at radius 3 is 2.60 bits per heavy atom. The normalized spacial score (nSPS) is 17.6. The Labute approximate surface area is 123 Å². The molecular formula is C13H19NO4S2. The molecular weight excluding hydrogens is 298 g/mol. The molecule has 0 bridgehead atoms. The average molecular weight is 317 g/mol. The van der Waals surface area contributed by atoms with Crippen LogP contribution in [0.3, 0.4) is 0 Å². The molecule has 0 amide bonds. The van der Waals surface area contributed by atoms with E-state index in [4.69, 9.17) is 5.11 Å². The van der Waals surface area contributed by atoms with Crippen LogP contribution < -0.4 is 4.72 Å². The molecule has 1 fully saturated rings. The molecule has 0 spiro atoms. The van der Waals surface area contributed by atoms with Gasteiger partial charge in [0.15, 0.2) is 0 Å². The lowest BCUT2D eigenvalue weighted by atomic mass is 9.67. The van der Waals surface area contributed by atoms with Gasteiger partial charge < -0.3 is 5.11 Å².